The number of carbonyl (C=O) groups is 1. The summed E-state index contributed by atoms with van der Waals surface area (Å²) in [5, 5.41) is 0. The lowest BCUT2D eigenvalue weighted by Crippen LogP contribution is -2.00. The van der Waals surface area contributed by atoms with Gasteiger partial charge in [-0.3, -0.25) is 4.79 Å². The number of hydrogen-bond donors (Lipinski definition) is 0. The number of Topliss-reactive ketones (excluding diaryl/α,β-unsaturated/α-hetero) is 1. The fourth-order valence-electron chi connectivity index (χ4n) is 1.03. The molecule has 0 N–H and O–H groups in total. The first-order valence-electron chi connectivity index (χ1n) is 3.61. The second-order valence-corrected chi connectivity index (χ2v) is 4.45. The second-order valence-electron chi connectivity index (χ2n) is 2.49. The molecule has 0 amide bonds. The van der Waals surface area contributed by atoms with Gasteiger partial charge < -0.3 is 4.74 Å². The third kappa shape index (κ3) is 2.22. The van der Waals surface area contributed by atoms with E-state index < -0.39 is 0 Å². The van der Waals surface area contributed by atoms with Crippen LogP contribution in [0.25, 0.3) is 0 Å². The van der Waals surface area contributed by atoms with Gasteiger partial charge in [-0.2, -0.15) is 0 Å². The molecule has 70 valence electrons. The van der Waals surface area contributed by atoms with E-state index in [-0.39, 0.29) is 5.78 Å². The molecule has 0 aliphatic rings. The van der Waals surface area contributed by atoms with E-state index in [1.165, 1.54) is 6.92 Å². The van der Waals surface area contributed by atoms with Gasteiger partial charge in [0.25, 0.3) is 0 Å². The Morgan fingerprint density at radius 2 is 2.15 bits per heavy atom. The molecule has 0 heterocycles. The highest BCUT2D eigenvalue weighted by Crippen LogP contribution is 2.31. The van der Waals surface area contributed by atoms with E-state index in [9.17, 15) is 4.79 Å². The minimum Gasteiger partial charge on any atom is -0.496 e. The van der Waals surface area contributed by atoms with Gasteiger partial charge in [0.1, 0.15) is 5.75 Å². The van der Waals surface area contributed by atoms with Gasteiger partial charge in [0.15, 0.2) is 5.78 Å². The summed E-state index contributed by atoms with van der Waals surface area (Å²) in [6.45, 7) is 1.53. The molecule has 0 radical (unpaired) electrons. The first kappa shape index (κ1) is 11.0. The van der Waals surface area contributed by atoms with Gasteiger partial charge in [-0.05, 0) is 57.6 Å². The number of ketones is 1. The smallest absolute Gasteiger partial charge is 0.164 e. The Labute approximate surface area is 98.9 Å². The van der Waals surface area contributed by atoms with Crippen molar-refractivity contribution in [2.75, 3.05) is 7.11 Å². The molecule has 0 spiro atoms. The first-order chi connectivity index (χ1) is 6.07. The quantitative estimate of drug-likeness (QED) is 0.602. The van der Waals surface area contributed by atoms with Gasteiger partial charge >= 0.3 is 0 Å². The summed E-state index contributed by atoms with van der Waals surface area (Å²) in [6, 6.07) is 3.69. The minimum absolute atomic E-state index is 0.00208. The first-order valence-corrected chi connectivity index (χ1v) is 5.48. The Morgan fingerprint density at radius 1 is 1.54 bits per heavy atom. The average molecular weight is 355 g/mol. The molecule has 1 aromatic rings. The zero-order valence-electron chi connectivity index (χ0n) is 7.23. The van der Waals surface area contributed by atoms with Crippen molar-refractivity contribution < 1.29 is 9.53 Å². The number of hydrogen-bond acceptors (Lipinski definition) is 2. The van der Waals surface area contributed by atoms with E-state index in [1.807, 2.05) is 6.07 Å². The SMILES string of the molecule is COc1ccc(I)c(Br)c1C(C)=O. The van der Waals surface area contributed by atoms with E-state index in [2.05, 4.69) is 38.5 Å². The van der Waals surface area contributed by atoms with Crippen molar-refractivity contribution in [2.24, 2.45) is 0 Å². The van der Waals surface area contributed by atoms with Gasteiger partial charge in [-0.25, -0.2) is 0 Å². The van der Waals surface area contributed by atoms with Gasteiger partial charge in [0.05, 0.1) is 12.7 Å². The maximum absolute atomic E-state index is 11.3. The van der Waals surface area contributed by atoms with Crippen LogP contribution in [-0.4, -0.2) is 12.9 Å². The summed E-state index contributed by atoms with van der Waals surface area (Å²) in [6.07, 6.45) is 0. The molecule has 0 saturated heterocycles. The van der Waals surface area contributed by atoms with Crippen molar-refractivity contribution in [3.05, 3.63) is 25.7 Å². The highest BCUT2D eigenvalue weighted by atomic mass is 127. The maximum Gasteiger partial charge on any atom is 0.164 e. The zero-order valence-corrected chi connectivity index (χ0v) is 11.0. The lowest BCUT2D eigenvalue weighted by Gasteiger charge is -2.08. The molecule has 4 heteroatoms. The van der Waals surface area contributed by atoms with E-state index >= 15 is 0 Å². The number of rotatable bonds is 2. The number of benzene rings is 1. The third-order valence-electron chi connectivity index (χ3n) is 1.63. The van der Waals surface area contributed by atoms with Crippen LogP contribution in [0.4, 0.5) is 0 Å². The second kappa shape index (κ2) is 4.41. The summed E-state index contributed by atoms with van der Waals surface area (Å²) in [4.78, 5) is 11.3. The normalized spacial score (nSPS) is 9.85. The van der Waals surface area contributed by atoms with Crippen molar-refractivity contribution in [3.63, 3.8) is 0 Å². The topological polar surface area (TPSA) is 26.3 Å². The van der Waals surface area contributed by atoms with Crippen LogP contribution in [0.5, 0.6) is 5.75 Å². The molecular weight excluding hydrogens is 347 g/mol. The molecule has 0 aromatic heterocycles. The van der Waals surface area contributed by atoms with Crippen LogP contribution in [0.3, 0.4) is 0 Å². The highest BCUT2D eigenvalue weighted by Gasteiger charge is 2.14. The molecule has 0 fully saturated rings. The van der Waals surface area contributed by atoms with Crippen LogP contribution in [-0.2, 0) is 0 Å². The Morgan fingerprint density at radius 3 is 2.62 bits per heavy atom. The average Bonchev–Trinajstić information content (AvgIpc) is 2.08. The van der Waals surface area contributed by atoms with Crippen molar-refractivity contribution in [3.8, 4) is 5.75 Å². The summed E-state index contributed by atoms with van der Waals surface area (Å²) in [5.74, 6) is 0.613. The van der Waals surface area contributed by atoms with E-state index in [0.717, 1.165) is 8.04 Å². The number of ether oxygens (including phenoxy) is 1. The van der Waals surface area contributed by atoms with Crippen LogP contribution in [0, 0.1) is 3.57 Å². The van der Waals surface area contributed by atoms with Crippen LogP contribution in [0.2, 0.25) is 0 Å². The van der Waals surface area contributed by atoms with Gasteiger partial charge in [-0.15, -0.1) is 0 Å². The lowest BCUT2D eigenvalue weighted by atomic mass is 10.1. The van der Waals surface area contributed by atoms with Crippen LogP contribution < -0.4 is 4.74 Å². The molecule has 1 aromatic carbocycles. The van der Waals surface area contributed by atoms with Crippen molar-refractivity contribution in [2.45, 2.75) is 6.92 Å². The van der Waals surface area contributed by atoms with Crippen LogP contribution in [0.15, 0.2) is 16.6 Å². The molecule has 0 bridgehead atoms. The molecule has 0 atom stereocenters. The molecule has 0 unspecified atom stereocenters. The maximum atomic E-state index is 11.3. The Bertz CT molecular complexity index is 350. The highest BCUT2D eigenvalue weighted by molar-refractivity contribution is 14.1. The molecule has 2 nitrogen and oxygen atoms in total. The fraction of sp³-hybridized carbons (Fsp3) is 0.222. The summed E-state index contributed by atoms with van der Waals surface area (Å²) in [7, 11) is 1.56. The summed E-state index contributed by atoms with van der Waals surface area (Å²) < 4.78 is 6.90. The number of carbonyl (C=O) groups excluding carboxylic acids is 1. The van der Waals surface area contributed by atoms with Gasteiger partial charge in [0, 0.05) is 8.04 Å². The zero-order chi connectivity index (χ0) is 10.0. The molecule has 0 aliphatic heterocycles. The van der Waals surface area contributed by atoms with Gasteiger partial charge in [0.2, 0.25) is 0 Å². The Kier molecular flexibility index (Phi) is 3.73. The molecule has 13 heavy (non-hydrogen) atoms. The van der Waals surface area contributed by atoms with Crippen molar-refractivity contribution >= 4 is 44.3 Å². The molecule has 0 aliphatic carbocycles. The Hall–Kier alpha value is -0.100. The molecular formula is C9H8BrIO2. The standard InChI is InChI=1S/C9H8BrIO2/c1-5(12)8-7(13-2)4-3-6(11)9(8)10/h3-4H,1-2H3. The van der Waals surface area contributed by atoms with Gasteiger partial charge in [-0.1, -0.05) is 0 Å². The van der Waals surface area contributed by atoms with Crippen molar-refractivity contribution in [1.29, 1.82) is 0 Å². The fourth-order valence-corrected chi connectivity index (χ4v) is 2.09. The van der Waals surface area contributed by atoms with Crippen LogP contribution in [0.1, 0.15) is 17.3 Å². The number of halogens is 2. The minimum atomic E-state index is 0.00208. The number of methoxy groups -OCH3 is 1. The third-order valence-corrected chi connectivity index (χ3v) is 4.09. The molecule has 1 rings (SSSR count). The molecule has 0 saturated carbocycles. The van der Waals surface area contributed by atoms with E-state index in [4.69, 9.17) is 4.74 Å². The van der Waals surface area contributed by atoms with E-state index in [1.54, 1.807) is 13.2 Å². The predicted octanol–water partition coefficient (Wildman–Crippen LogP) is 3.26. The van der Waals surface area contributed by atoms with Crippen molar-refractivity contribution in [1.82, 2.24) is 0 Å². The Balaban J connectivity index is 3.41. The lowest BCUT2D eigenvalue weighted by molar-refractivity contribution is 0.101. The van der Waals surface area contributed by atoms with E-state index in [0.29, 0.717) is 11.3 Å². The summed E-state index contributed by atoms with van der Waals surface area (Å²) >= 11 is 5.53. The predicted molar refractivity (Wildman–Crippen MR) is 63.4 cm³/mol. The largest absolute Gasteiger partial charge is 0.496 e. The monoisotopic (exact) mass is 354 g/mol. The summed E-state index contributed by atoms with van der Waals surface area (Å²) in [5.41, 5.74) is 0.606. The van der Waals surface area contributed by atoms with Crippen LogP contribution >= 0.6 is 38.5 Å².